The van der Waals surface area contributed by atoms with E-state index in [2.05, 4.69) is 59.7 Å². The van der Waals surface area contributed by atoms with E-state index in [-0.39, 0.29) is 5.91 Å². The van der Waals surface area contributed by atoms with Crippen LogP contribution in [0.4, 0.5) is 0 Å². The fourth-order valence-electron chi connectivity index (χ4n) is 3.20. The summed E-state index contributed by atoms with van der Waals surface area (Å²) in [7, 11) is 0. The number of thioether (sulfide) groups is 1. The number of H-pyrrole nitrogens is 1. The maximum Gasteiger partial charge on any atom is 0.251 e. The standard InChI is InChI=1S/C24H22N2OS/c1-17-11-13-18(14-12-17)22-23(20-9-5-6-10-21(20)26-22)28-16-15-25-24(27)19-7-3-2-4-8-19/h2-14,26H,15-16H2,1H3,(H,25,27). The molecule has 1 heterocycles. The second-order valence-electron chi connectivity index (χ2n) is 6.71. The molecule has 0 aliphatic carbocycles. The Hall–Kier alpha value is -2.98. The molecule has 0 saturated heterocycles. The van der Waals surface area contributed by atoms with Crippen LogP contribution in [-0.4, -0.2) is 23.2 Å². The molecule has 0 radical (unpaired) electrons. The maximum absolute atomic E-state index is 12.2. The van der Waals surface area contributed by atoms with E-state index in [0.29, 0.717) is 12.1 Å². The number of fused-ring (bicyclic) bond motifs is 1. The molecule has 0 bridgehead atoms. The van der Waals surface area contributed by atoms with Crippen LogP contribution in [0.15, 0.2) is 83.8 Å². The molecule has 3 nitrogen and oxygen atoms in total. The summed E-state index contributed by atoms with van der Waals surface area (Å²) in [5.74, 6) is 0.776. The highest BCUT2D eigenvalue weighted by Gasteiger charge is 2.13. The third kappa shape index (κ3) is 3.97. The van der Waals surface area contributed by atoms with Gasteiger partial charge in [0, 0.05) is 33.7 Å². The molecule has 0 spiro atoms. The van der Waals surface area contributed by atoms with Crippen LogP contribution in [0.3, 0.4) is 0 Å². The molecule has 3 aromatic carbocycles. The van der Waals surface area contributed by atoms with Crippen molar-refractivity contribution in [3.63, 3.8) is 0 Å². The van der Waals surface area contributed by atoms with Gasteiger partial charge in [-0.25, -0.2) is 0 Å². The number of aromatic amines is 1. The number of hydrogen-bond donors (Lipinski definition) is 2. The summed E-state index contributed by atoms with van der Waals surface area (Å²) in [4.78, 5) is 17.0. The summed E-state index contributed by atoms with van der Waals surface area (Å²) in [6.07, 6.45) is 0. The molecule has 0 aliphatic heterocycles. The summed E-state index contributed by atoms with van der Waals surface area (Å²) in [5, 5.41) is 4.23. The highest BCUT2D eigenvalue weighted by molar-refractivity contribution is 7.99. The van der Waals surface area contributed by atoms with Crippen LogP contribution < -0.4 is 5.32 Å². The Morgan fingerprint density at radius 1 is 0.929 bits per heavy atom. The lowest BCUT2D eigenvalue weighted by Gasteiger charge is -2.07. The van der Waals surface area contributed by atoms with E-state index in [1.165, 1.54) is 21.4 Å². The molecule has 4 aromatic rings. The first kappa shape index (κ1) is 18.4. The normalized spacial score (nSPS) is 10.9. The Morgan fingerprint density at radius 2 is 1.64 bits per heavy atom. The number of carbonyl (C=O) groups is 1. The van der Waals surface area contributed by atoms with Gasteiger partial charge in [0.15, 0.2) is 0 Å². The van der Waals surface area contributed by atoms with Crippen molar-refractivity contribution in [3.05, 3.63) is 90.0 Å². The summed E-state index contributed by atoms with van der Waals surface area (Å²) in [6, 6.07) is 26.3. The largest absolute Gasteiger partial charge is 0.354 e. The smallest absolute Gasteiger partial charge is 0.251 e. The molecule has 0 aliphatic rings. The molecule has 1 aromatic heterocycles. The predicted molar refractivity (Wildman–Crippen MR) is 118 cm³/mol. The van der Waals surface area contributed by atoms with Crippen molar-refractivity contribution in [3.8, 4) is 11.3 Å². The first-order valence-corrected chi connectivity index (χ1v) is 10.3. The third-order valence-corrected chi connectivity index (χ3v) is 5.79. The molecule has 0 unspecified atom stereocenters. The van der Waals surface area contributed by atoms with Gasteiger partial charge in [0.1, 0.15) is 0 Å². The van der Waals surface area contributed by atoms with Crippen LogP contribution >= 0.6 is 11.8 Å². The molecule has 4 rings (SSSR count). The van der Waals surface area contributed by atoms with Gasteiger partial charge in [0.25, 0.3) is 5.91 Å². The molecular weight excluding hydrogens is 364 g/mol. The van der Waals surface area contributed by atoms with Crippen molar-refractivity contribution in [1.82, 2.24) is 10.3 Å². The lowest BCUT2D eigenvalue weighted by atomic mass is 10.1. The Labute approximate surface area is 169 Å². The lowest BCUT2D eigenvalue weighted by molar-refractivity contribution is 0.0956. The van der Waals surface area contributed by atoms with Crippen LogP contribution in [0.25, 0.3) is 22.2 Å². The Morgan fingerprint density at radius 3 is 2.43 bits per heavy atom. The number of carbonyl (C=O) groups excluding carboxylic acids is 1. The average Bonchev–Trinajstić information content (AvgIpc) is 3.11. The molecular formula is C24H22N2OS. The summed E-state index contributed by atoms with van der Waals surface area (Å²) >= 11 is 1.77. The van der Waals surface area contributed by atoms with E-state index in [1.54, 1.807) is 11.8 Å². The minimum absolute atomic E-state index is 0.0288. The van der Waals surface area contributed by atoms with E-state index in [0.717, 1.165) is 17.0 Å². The number of aryl methyl sites for hydroxylation is 1. The van der Waals surface area contributed by atoms with Crippen LogP contribution in [0, 0.1) is 6.92 Å². The monoisotopic (exact) mass is 386 g/mol. The number of nitrogens with one attached hydrogen (secondary N) is 2. The molecule has 0 atom stereocenters. The molecule has 2 N–H and O–H groups in total. The molecule has 140 valence electrons. The quantitative estimate of drug-likeness (QED) is 0.331. The van der Waals surface area contributed by atoms with E-state index in [1.807, 2.05) is 36.4 Å². The number of amides is 1. The molecule has 4 heteroatoms. The van der Waals surface area contributed by atoms with Gasteiger partial charge in [0.05, 0.1) is 5.69 Å². The molecule has 28 heavy (non-hydrogen) atoms. The van der Waals surface area contributed by atoms with E-state index >= 15 is 0 Å². The fraction of sp³-hybridized carbons (Fsp3) is 0.125. The Bertz CT molecular complexity index is 1080. The van der Waals surface area contributed by atoms with E-state index in [9.17, 15) is 4.79 Å². The molecule has 0 saturated carbocycles. The van der Waals surface area contributed by atoms with Gasteiger partial charge in [-0.3, -0.25) is 4.79 Å². The van der Waals surface area contributed by atoms with Crippen molar-refractivity contribution in [2.24, 2.45) is 0 Å². The van der Waals surface area contributed by atoms with E-state index < -0.39 is 0 Å². The predicted octanol–water partition coefficient (Wildman–Crippen LogP) is 5.67. The number of benzene rings is 3. The second-order valence-corrected chi connectivity index (χ2v) is 7.82. The van der Waals surface area contributed by atoms with Gasteiger partial charge in [-0.15, -0.1) is 11.8 Å². The minimum atomic E-state index is -0.0288. The van der Waals surface area contributed by atoms with E-state index in [4.69, 9.17) is 0 Å². The Balaban J connectivity index is 1.50. The summed E-state index contributed by atoms with van der Waals surface area (Å²) in [6.45, 7) is 2.71. The average molecular weight is 387 g/mol. The zero-order chi connectivity index (χ0) is 19.3. The van der Waals surface area contributed by atoms with Crippen molar-refractivity contribution in [2.75, 3.05) is 12.3 Å². The van der Waals surface area contributed by atoms with Crippen LogP contribution in [0.1, 0.15) is 15.9 Å². The third-order valence-electron chi connectivity index (χ3n) is 4.67. The highest BCUT2D eigenvalue weighted by atomic mass is 32.2. The first-order chi connectivity index (χ1) is 13.7. The van der Waals surface area contributed by atoms with Crippen molar-refractivity contribution in [1.29, 1.82) is 0 Å². The minimum Gasteiger partial charge on any atom is -0.354 e. The Kier molecular flexibility index (Phi) is 5.49. The van der Waals surface area contributed by atoms with Crippen molar-refractivity contribution in [2.45, 2.75) is 11.8 Å². The zero-order valence-electron chi connectivity index (χ0n) is 15.7. The highest BCUT2D eigenvalue weighted by Crippen LogP contribution is 2.37. The SMILES string of the molecule is Cc1ccc(-c2[nH]c3ccccc3c2SCCNC(=O)c2ccccc2)cc1. The fourth-order valence-corrected chi connectivity index (χ4v) is 4.25. The van der Waals surface area contributed by atoms with Crippen LogP contribution in [0.5, 0.6) is 0 Å². The number of aromatic nitrogens is 1. The van der Waals surface area contributed by atoms with Gasteiger partial charge in [0.2, 0.25) is 0 Å². The van der Waals surface area contributed by atoms with Crippen LogP contribution in [0.2, 0.25) is 0 Å². The van der Waals surface area contributed by atoms with Crippen molar-refractivity contribution >= 4 is 28.6 Å². The zero-order valence-corrected chi connectivity index (χ0v) is 16.6. The summed E-state index contributed by atoms with van der Waals surface area (Å²) < 4.78 is 0. The molecule has 0 fully saturated rings. The van der Waals surface area contributed by atoms with Gasteiger partial charge in [-0.1, -0.05) is 66.2 Å². The first-order valence-electron chi connectivity index (χ1n) is 9.36. The van der Waals surface area contributed by atoms with Crippen molar-refractivity contribution < 1.29 is 4.79 Å². The van der Waals surface area contributed by atoms with Gasteiger partial charge < -0.3 is 10.3 Å². The maximum atomic E-state index is 12.2. The topological polar surface area (TPSA) is 44.9 Å². The number of para-hydroxylation sites is 1. The number of hydrogen-bond acceptors (Lipinski definition) is 2. The second kappa shape index (κ2) is 8.36. The molecule has 1 amide bonds. The van der Waals surface area contributed by atoms with Gasteiger partial charge >= 0.3 is 0 Å². The summed E-state index contributed by atoms with van der Waals surface area (Å²) in [5.41, 5.74) is 5.39. The van der Waals surface area contributed by atoms with Gasteiger partial charge in [-0.05, 0) is 30.7 Å². The lowest BCUT2D eigenvalue weighted by Crippen LogP contribution is -2.25. The van der Waals surface area contributed by atoms with Crippen LogP contribution in [-0.2, 0) is 0 Å². The van der Waals surface area contributed by atoms with Gasteiger partial charge in [-0.2, -0.15) is 0 Å². The number of rotatable bonds is 6.